The molecule has 2 aromatic carbocycles. The summed E-state index contributed by atoms with van der Waals surface area (Å²) in [5.74, 6) is -0.535. The molecule has 0 aliphatic heterocycles. The third-order valence-corrected chi connectivity index (χ3v) is 4.28. The Morgan fingerprint density at radius 2 is 1.80 bits per heavy atom. The molecule has 4 heteroatoms. The average molecular weight is 293 g/mol. The van der Waals surface area contributed by atoms with Crippen molar-refractivity contribution in [1.29, 1.82) is 0 Å². The van der Waals surface area contributed by atoms with Gasteiger partial charge in [-0.25, -0.2) is 8.78 Å². The largest absolute Gasteiger partial charge is 0.313 e. The predicted octanol–water partition coefficient (Wildman–Crippen LogP) is 4.54. The molecule has 1 nitrogen and oxygen atoms in total. The Morgan fingerprint density at radius 1 is 1.10 bits per heavy atom. The number of hydrogen-bond donors (Lipinski definition) is 1. The van der Waals surface area contributed by atoms with Gasteiger partial charge in [0.25, 0.3) is 0 Å². The van der Waals surface area contributed by atoms with Crippen LogP contribution in [0.5, 0.6) is 0 Å². The number of rotatable bonds is 5. The zero-order valence-corrected chi connectivity index (χ0v) is 12.3. The molecule has 1 atom stereocenters. The van der Waals surface area contributed by atoms with Gasteiger partial charge in [0, 0.05) is 22.8 Å². The van der Waals surface area contributed by atoms with Gasteiger partial charge < -0.3 is 5.32 Å². The second-order valence-corrected chi connectivity index (χ2v) is 5.65. The van der Waals surface area contributed by atoms with Crippen LogP contribution in [-0.4, -0.2) is 7.05 Å². The fourth-order valence-electron chi connectivity index (χ4n) is 1.82. The van der Waals surface area contributed by atoms with Gasteiger partial charge in [-0.15, -0.1) is 11.8 Å². The minimum absolute atomic E-state index is 0.309. The molecule has 106 valence electrons. The van der Waals surface area contributed by atoms with Crippen molar-refractivity contribution in [3.05, 3.63) is 65.2 Å². The predicted molar refractivity (Wildman–Crippen MR) is 79.8 cm³/mol. The van der Waals surface area contributed by atoms with Gasteiger partial charge in [-0.2, -0.15) is 0 Å². The first-order valence-electron chi connectivity index (χ1n) is 6.44. The summed E-state index contributed by atoms with van der Waals surface area (Å²) in [4.78, 5) is 1.07. The molecule has 2 rings (SSSR count). The Labute approximate surface area is 122 Å². The molecule has 0 spiro atoms. The standard InChI is InChI=1S/C16H17F2NS/c1-11(19-2)12-4-7-15(8-5-12)20-10-13-3-6-14(17)9-16(13)18/h3-9,11,19H,10H2,1-2H3. The normalized spacial score (nSPS) is 12.4. The van der Waals surface area contributed by atoms with Crippen LogP contribution in [0.1, 0.15) is 24.1 Å². The SMILES string of the molecule is CNC(C)c1ccc(SCc2ccc(F)cc2F)cc1. The second kappa shape index (κ2) is 6.86. The Morgan fingerprint density at radius 3 is 2.40 bits per heavy atom. The van der Waals surface area contributed by atoms with Crippen molar-refractivity contribution in [2.45, 2.75) is 23.6 Å². The number of nitrogens with one attached hydrogen (secondary N) is 1. The zero-order valence-electron chi connectivity index (χ0n) is 11.5. The van der Waals surface area contributed by atoms with E-state index < -0.39 is 11.6 Å². The number of benzene rings is 2. The third-order valence-electron chi connectivity index (χ3n) is 3.22. The van der Waals surface area contributed by atoms with Gasteiger partial charge in [0.1, 0.15) is 11.6 Å². The van der Waals surface area contributed by atoms with Crippen molar-refractivity contribution in [3.63, 3.8) is 0 Å². The Bertz CT molecular complexity index is 569. The van der Waals surface area contributed by atoms with Gasteiger partial charge in [-0.05, 0) is 43.3 Å². The molecule has 0 bridgehead atoms. The molecule has 0 fully saturated rings. The highest BCUT2D eigenvalue weighted by Crippen LogP contribution is 2.25. The molecule has 20 heavy (non-hydrogen) atoms. The van der Waals surface area contributed by atoms with E-state index in [0.29, 0.717) is 17.4 Å². The Balaban J connectivity index is 2.00. The molecule has 0 amide bonds. The van der Waals surface area contributed by atoms with Gasteiger partial charge in [0.05, 0.1) is 0 Å². The maximum absolute atomic E-state index is 13.5. The molecule has 0 radical (unpaired) electrons. The van der Waals surface area contributed by atoms with E-state index in [4.69, 9.17) is 0 Å². The van der Waals surface area contributed by atoms with Crippen LogP contribution in [0.3, 0.4) is 0 Å². The van der Waals surface area contributed by atoms with E-state index in [1.807, 2.05) is 19.2 Å². The van der Waals surface area contributed by atoms with Crippen LogP contribution < -0.4 is 5.32 Å². The molecule has 0 aromatic heterocycles. The highest BCUT2D eigenvalue weighted by atomic mass is 32.2. The molecule has 0 heterocycles. The van der Waals surface area contributed by atoms with Gasteiger partial charge >= 0.3 is 0 Å². The van der Waals surface area contributed by atoms with Gasteiger partial charge in [-0.3, -0.25) is 0 Å². The molecular weight excluding hydrogens is 276 g/mol. The van der Waals surface area contributed by atoms with E-state index in [9.17, 15) is 8.78 Å². The van der Waals surface area contributed by atoms with Crippen LogP contribution in [0.4, 0.5) is 8.78 Å². The number of halogens is 2. The molecule has 0 aliphatic carbocycles. The molecule has 2 aromatic rings. The Hall–Kier alpha value is -1.39. The van der Waals surface area contributed by atoms with Crippen molar-refractivity contribution >= 4 is 11.8 Å². The summed E-state index contributed by atoms with van der Waals surface area (Å²) >= 11 is 1.54. The lowest BCUT2D eigenvalue weighted by Gasteiger charge is -2.11. The number of hydrogen-bond acceptors (Lipinski definition) is 2. The number of thioether (sulfide) groups is 1. The summed E-state index contributed by atoms with van der Waals surface area (Å²) in [5, 5.41) is 3.18. The van der Waals surface area contributed by atoms with Crippen molar-refractivity contribution in [2.24, 2.45) is 0 Å². The summed E-state index contributed by atoms with van der Waals surface area (Å²) in [7, 11) is 1.92. The lowest BCUT2D eigenvalue weighted by atomic mass is 10.1. The van der Waals surface area contributed by atoms with Crippen LogP contribution in [0.15, 0.2) is 47.4 Å². The first kappa shape index (κ1) is 15.0. The van der Waals surface area contributed by atoms with Crippen molar-refractivity contribution < 1.29 is 8.78 Å². The van der Waals surface area contributed by atoms with E-state index in [0.717, 1.165) is 11.0 Å². The quantitative estimate of drug-likeness (QED) is 0.812. The van der Waals surface area contributed by atoms with Crippen LogP contribution in [0.2, 0.25) is 0 Å². The maximum Gasteiger partial charge on any atom is 0.130 e. The van der Waals surface area contributed by atoms with Crippen LogP contribution in [0.25, 0.3) is 0 Å². The van der Waals surface area contributed by atoms with E-state index in [1.165, 1.54) is 29.5 Å². The first-order valence-corrected chi connectivity index (χ1v) is 7.42. The smallest absolute Gasteiger partial charge is 0.130 e. The van der Waals surface area contributed by atoms with Crippen LogP contribution >= 0.6 is 11.8 Å². The van der Waals surface area contributed by atoms with Crippen molar-refractivity contribution in [2.75, 3.05) is 7.05 Å². The van der Waals surface area contributed by atoms with Gasteiger partial charge in [0.15, 0.2) is 0 Å². The van der Waals surface area contributed by atoms with E-state index in [-0.39, 0.29) is 0 Å². The fourth-order valence-corrected chi connectivity index (χ4v) is 2.70. The lowest BCUT2D eigenvalue weighted by Crippen LogP contribution is -2.11. The summed E-state index contributed by atoms with van der Waals surface area (Å²) in [6, 6.07) is 12.2. The molecule has 0 aliphatic rings. The highest BCUT2D eigenvalue weighted by Gasteiger charge is 2.06. The molecule has 1 unspecified atom stereocenters. The van der Waals surface area contributed by atoms with Crippen molar-refractivity contribution in [3.8, 4) is 0 Å². The van der Waals surface area contributed by atoms with Crippen LogP contribution in [-0.2, 0) is 5.75 Å². The summed E-state index contributed by atoms with van der Waals surface area (Å²) in [5.41, 5.74) is 1.73. The molecule has 1 N–H and O–H groups in total. The summed E-state index contributed by atoms with van der Waals surface area (Å²) in [6.45, 7) is 2.09. The summed E-state index contributed by atoms with van der Waals surface area (Å²) < 4.78 is 26.3. The fraction of sp³-hybridized carbons (Fsp3) is 0.250. The molecular formula is C16H17F2NS. The van der Waals surface area contributed by atoms with Crippen molar-refractivity contribution in [1.82, 2.24) is 5.32 Å². The first-order chi connectivity index (χ1) is 9.60. The van der Waals surface area contributed by atoms with Crippen LogP contribution in [0, 0.1) is 11.6 Å². The average Bonchev–Trinajstić information content (AvgIpc) is 2.46. The van der Waals surface area contributed by atoms with E-state index in [1.54, 1.807) is 0 Å². The maximum atomic E-state index is 13.5. The highest BCUT2D eigenvalue weighted by molar-refractivity contribution is 7.98. The van der Waals surface area contributed by atoms with E-state index >= 15 is 0 Å². The third kappa shape index (κ3) is 3.81. The van der Waals surface area contributed by atoms with Gasteiger partial charge in [-0.1, -0.05) is 18.2 Å². The monoisotopic (exact) mass is 293 g/mol. The molecule has 0 saturated heterocycles. The minimum Gasteiger partial charge on any atom is -0.313 e. The second-order valence-electron chi connectivity index (χ2n) is 4.60. The van der Waals surface area contributed by atoms with E-state index in [2.05, 4.69) is 24.4 Å². The summed E-state index contributed by atoms with van der Waals surface area (Å²) in [6.07, 6.45) is 0. The topological polar surface area (TPSA) is 12.0 Å². The molecule has 0 saturated carbocycles. The van der Waals surface area contributed by atoms with Gasteiger partial charge in [0.2, 0.25) is 0 Å². The Kier molecular flexibility index (Phi) is 5.15. The zero-order chi connectivity index (χ0) is 14.5. The minimum atomic E-state index is -0.540. The lowest BCUT2D eigenvalue weighted by molar-refractivity contribution is 0.576.